The van der Waals surface area contributed by atoms with Gasteiger partial charge in [-0.3, -0.25) is 0 Å². The SMILES string of the molecule is CCc1noc(C)c1-c1noc(CCCc2ncc(C)o2)n1. The molecule has 116 valence electrons. The molecule has 0 unspecified atom stereocenters. The molecule has 0 aliphatic heterocycles. The third kappa shape index (κ3) is 2.93. The van der Waals surface area contributed by atoms with E-state index in [0.29, 0.717) is 23.9 Å². The van der Waals surface area contributed by atoms with Gasteiger partial charge in [-0.25, -0.2) is 4.98 Å². The summed E-state index contributed by atoms with van der Waals surface area (Å²) in [6.07, 6.45) is 4.75. The third-order valence-electron chi connectivity index (χ3n) is 3.41. The summed E-state index contributed by atoms with van der Waals surface area (Å²) in [7, 11) is 0. The molecule has 0 spiro atoms. The smallest absolute Gasteiger partial charge is 0.226 e. The van der Waals surface area contributed by atoms with Crippen molar-refractivity contribution in [1.82, 2.24) is 20.3 Å². The first-order chi connectivity index (χ1) is 10.7. The minimum atomic E-state index is 0.539. The fraction of sp³-hybridized carbons (Fsp3) is 0.467. The van der Waals surface area contributed by atoms with Crippen molar-refractivity contribution in [3.63, 3.8) is 0 Å². The first-order valence-corrected chi connectivity index (χ1v) is 7.36. The summed E-state index contributed by atoms with van der Waals surface area (Å²) in [5, 5.41) is 8.04. The van der Waals surface area contributed by atoms with Gasteiger partial charge in [0, 0.05) is 12.8 Å². The monoisotopic (exact) mass is 302 g/mol. The second-order valence-electron chi connectivity index (χ2n) is 5.14. The number of oxazole rings is 1. The maximum atomic E-state index is 5.43. The van der Waals surface area contributed by atoms with Gasteiger partial charge in [0.05, 0.1) is 17.5 Å². The highest BCUT2D eigenvalue weighted by Gasteiger charge is 2.19. The standard InChI is InChI=1S/C15H18N4O3/c1-4-11-14(10(3)21-18-11)15-17-13(22-19-15)7-5-6-12-16-8-9(2)20-12/h8H,4-7H2,1-3H3. The Hall–Kier alpha value is -2.44. The molecule has 7 nitrogen and oxygen atoms in total. The van der Waals surface area contributed by atoms with Crippen molar-refractivity contribution >= 4 is 0 Å². The van der Waals surface area contributed by atoms with Crippen LogP contribution < -0.4 is 0 Å². The number of nitrogens with zero attached hydrogens (tertiary/aromatic N) is 4. The Morgan fingerprint density at radius 3 is 2.59 bits per heavy atom. The van der Waals surface area contributed by atoms with Crippen LogP contribution in [0, 0.1) is 13.8 Å². The van der Waals surface area contributed by atoms with Gasteiger partial charge in [-0.05, 0) is 26.7 Å². The van der Waals surface area contributed by atoms with Crippen molar-refractivity contribution in [2.75, 3.05) is 0 Å². The van der Waals surface area contributed by atoms with Crippen LogP contribution in [0.1, 0.15) is 42.3 Å². The van der Waals surface area contributed by atoms with E-state index in [-0.39, 0.29) is 0 Å². The minimum Gasteiger partial charge on any atom is -0.446 e. The van der Waals surface area contributed by atoms with E-state index >= 15 is 0 Å². The number of aryl methyl sites for hydroxylation is 5. The summed E-state index contributed by atoms with van der Waals surface area (Å²) in [6, 6.07) is 0. The van der Waals surface area contributed by atoms with Gasteiger partial charge in [0.1, 0.15) is 11.5 Å². The molecule has 0 aliphatic carbocycles. The molecule has 3 aromatic rings. The quantitative estimate of drug-likeness (QED) is 0.691. The maximum Gasteiger partial charge on any atom is 0.226 e. The molecule has 0 saturated carbocycles. The van der Waals surface area contributed by atoms with Crippen molar-refractivity contribution in [2.24, 2.45) is 0 Å². The first-order valence-electron chi connectivity index (χ1n) is 7.36. The highest BCUT2D eigenvalue weighted by molar-refractivity contribution is 5.59. The fourth-order valence-electron chi connectivity index (χ4n) is 2.31. The summed E-state index contributed by atoms with van der Waals surface area (Å²) in [4.78, 5) is 8.60. The molecule has 0 amide bonds. The molecule has 0 aromatic carbocycles. The summed E-state index contributed by atoms with van der Waals surface area (Å²) in [5.74, 6) is 3.41. The van der Waals surface area contributed by atoms with E-state index < -0.39 is 0 Å². The van der Waals surface area contributed by atoms with E-state index in [2.05, 4.69) is 20.3 Å². The van der Waals surface area contributed by atoms with Crippen LogP contribution in [0.5, 0.6) is 0 Å². The van der Waals surface area contributed by atoms with Crippen LogP contribution in [0.4, 0.5) is 0 Å². The van der Waals surface area contributed by atoms with E-state index in [9.17, 15) is 0 Å². The second kappa shape index (κ2) is 6.13. The van der Waals surface area contributed by atoms with Gasteiger partial charge < -0.3 is 13.5 Å². The molecular formula is C15H18N4O3. The van der Waals surface area contributed by atoms with E-state index in [4.69, 9.17) is 13.5 Å². The Labute approximate surface area is 127 Å². The lowest BCUT2D eigenvalue weighted by atomic mass is 10.1. The zero-order chi connectivity index (χ0) is 15.5. The molecule has 0 saturated heterocycles. The second-order valence-corrected chi connectivity index (χ2v) is 5.14. The molecule has 3 rings (SSSR count). The molecule has 0 aliphatic rings. The Kier molecular flexibility index (Phi) is 4.04. The van der Waals surface area contributed by atoms with Crippen molar-refractivity contribution < 1.29 is 13.5 Å². The molecule has 0 bridgehead atoms. The van der Waals surface area contributed by atoms with Crippen LogP contribution in [0.25, 0.3) is 11.4 Å². The van der Waals surface area contributed by atoms with Crippen LogP contribution in [-0.2, 0) is 19.3 Å². The van der Waals surface area contributed by atoms with Crippen molar-refractivity contribution in [3.8, 4) is 11.4 Å². The molecule has 3 aromatic heterocycles. The molecule has 22 heavy (non-hydrogen) atoms. The number of aromatic nitrogens is 4. The zero-order valence-corrected chi connectivity index (χ0v) is 12.9. The maximum absolute atomic E-state index is 5.43. The van der Waals surface area contributed by atoms with Crippen molar-refractivity contribution in [3.05, 3.63) is 35.2 Å². The summed E-state index contributed by atoms with van der Waals surface area (Å²) < 4.78 is 15.9. The molecule has 0 fully saturated rings. The van der Waals surface area contributed by atoms with Crippen LogP contribution in [-0.4, -0.2) is 20.3 Å². The Morgan fingerprint density at radius 2 is 1.86 bits per heavy atom. The van der Waals surface area contributed by atoms with Gasteiger partial charge in [0.15, 0.2) is 5.89 Å². The Morgan fingerprint density at radius 1 is 1.05 bits per heavy atom. The lowest BCUT2D eigenvalue weighted by Gasteiger charge is -1.93. The zero-order valence-electron chi connectivity index (χ0n) is 12.9. The third-order valence-corrected chi connectivity index (χ3v) is 3.41. The van der Waals surface area contributed by atoms with Gasteiger partial charge in [-0.2, -0.15) is 4.98 Å². The minimum absolute atomic E-state index is 0.539. The highest BCUT2D eigenvalue weighted by Crippen LogP contribution is 2.25. The normalized spacial score (nSPS) is 11.2. The van der Waals surface area contributed by atoms with Crippen LogP contribution in [0.2, 0.25) is 0 Å². The summed E-state index contributed by atoms with van der Waals surface area (Å²) in [6.45, 7) is 5.75. The average molecular weight is 302 g/mol. The van der Waals surface area contributed by atoms with Gasteiger partial charge >= 0.3 is 0 Å². The van der Waals surface area contributed by atoms with Crippen LogP contribution >= 0.6 is 0 Å². The molecular weight excluding hydrogens is 284 g/mol. The topological polar surface area (TPSA) is 91.0 Å². The van der Waals surface area contributed by atoms with Gasteiger partial charge in [0.2, 0.25) is 11.7 Å². The van der Waals surface area contributed by atoms with Crippen molar-refractivity contribution in [2.45, 2.75) is 46.5 Å². The average Bonchev–Trinajstić information content (AvgIpc) is 3.19. The number of hydrogen-bond donors (Lipinski definition) is 0. The largest absolute Gasteiger partial charge is 0.446 e. The van der Waals surface area contributed by atoms with Crippen molar-refractivity contribution in [1.29, 1.82) is 0 Å². The fourth-order valence-corrected chi connectivity index (χ4v) is 2.31. The summed E-state index contributed by atoms with van der Waals surface area (Å²) in [5.41, 5.74) is 1.68. The van der Waals surface area contributed by atoms with E-state index in [1.54, 1.807) is 6.20 Å². The number of rotatable bonds is 6. The molecule has 0 radical (unpaired) electrons. The lowest BCUT2D eigenvalue weighted by molar-refractivity contribution is 0.372. The van der Waals surface area contributed by atoms with Gasteiger partial charge in [-0.15, -0.1) is 0 Å². The molecule has 7 heteroatoms. The number of hydrogen-bond acceptors (Lipinski definition) is 7. The van der Waals surface area contributed by atoms with E-state index in [0.717, 1.165) is 42.2 Å². The predicted octanol–water partition coefficient (Wildman–Crippen LogP) is 3.07. The van der Waals surface area contributed by atoms with E-state index in [1.165, 1.54) is 0 Å². The van der Waals surface area contributed by atoms with Gasteiger partial charge in [-0.1, -0.05) is 17.2 Å². The predicted molar refractivity (Wildman–Crippen MR) is 77.2 cm³/mol. The Balaban J connectivity index is 1.65. The van der Waals surface area contributed by atoms with Crippen LogP contribution in [0.15, 0.2) is 19.7 Å². The lowest BCUT2D eigenvalue weighted by Crippen LogP contribution is -1.92. The molecule has 0 atom stereocenters. The van der Waals surface area contributed by atoms with Crippen LogP contribution in [0.3, 0.4) is 0 Å². The van der Waals surface area contributed by atoms with Gasteiger partial charge in [0.25, 0.3) is 0 Å². The Bertz CT molecular complexity index is 757. The van der Waals surface area contributed by atoms with E-state index in [1.807, 2.05) is 20.8 Å². The molecule has 3 heterocycles. The summed E-state index contributed by atoms with van der Waals surface area (Å²) >= 11 is 0. The molecule has 0 N–H and O–H groups in total. The first kappa shape index (κ1) is 14.5. The highest BCUT2D eigenvalue weighted by atomic mass is 16.5.